The number of carbonyl (C=O) groups is 1. The van der Waals surface area contributed by atoms with Crippen molar-refractivity contribution in [1.82, 2.24) is 15.3 Å². The summed E-state index contributed by atoms with van der Waals surface area (Å²) in [5.41, 5.74) is 1.67. The van der Waals surface area contributed by atoms with Gasteiger partial charge in [0.25, 0.3) is 0 Å². The summed E-state index contributed by atoms with van der Waals surface area (Å²) >= 11 is 1.35. The molecule has 136 valence electrons. The van der Waals surface area contributed by atoms with E-state index in [1.807, 2.05) is 19.1 Å². The van der Waals surface area contributed by atoms with Crippen LogP contribution in [0.4, 0.5) is 9.93 Å². The van der Waals surface area contributed by atoms with Crippen molar-refractivity contribution < 1.29 is 14.3 Å². The third-order valence-corrected chi connectivity index (χ3v) is 4.64. The van der Waals surface area contributed by atoms with Gasteiger partial charge in [0, 0.05) is 24.5 Å². The highest BCUT2D eigenvalue weighted by molar-refractivity contribution is 7.16. The molecule has 0 spiro atoms. The third kappa shape index (κ3) is 5.52. The highest BCUT2D eigenvalue weighted by atomic mass is 32.1. The van der Waals surface area contributed by atoms with Gasteiger partial charge in [-0.2, -0.15) is 0 Å². The lowest BCUT2D eigenvalue weighted by molar-refractivity contribution is -0.0899. The number of nitrogens with one attached hydrogen (secondary N) is 2. The molecular formula is C18H20N4O3S. The molecule has 0 aromatic carbocycles. The van der Waals surface area contributed by atoms with Crippen LogP contribution in [0.15, 0.2) is 24.5 Å². The highest BCUT2D eigenvalue weighted by Crippen LogP contribution is 2.21. The van der Waals surface area contributed by atoms with Crippen LogP contribution in [0, 0.1) is 18.8 Å². The summed E-state index contributed by atoms with van der Waals surface area (Å²) in [6.45, 7) is 4.21. The van der Waals surface area contributed by atoms with Gasteiger partial charge < -0.3 is 14.8 Å². The lowest BCUT2D eigenvalue weighted by atomic mass is 10.2. The molecule has 1 saturated heterocycles. The molecule has 1 fully saturated rings. The second-order valence-corrected chi connectivity index (χ2v) is 6.66. The van der Waals surface area contributed by atoms with Gasteiger partial charge in [-0.05, 0) is 31.4 Å². The van der Waals surface area contributed by atoms with Crippen LogP contribution < -0.4 is 10.6 Å². The molecule has 0 bridgehead atoms. The monoisotopic (exact) mass is 372 g/mol. The molecule has 2 N–H and O–H groups in total. The van der Waals surface area contributed by atoms with E-state index in [0.29, 0.717) is 37.9 Å². The zero-order valence-electron chi connectivity index (χ0n) is 14.4. The van der Waals surface area contributed by atoms with E-state index in [4.69, 9.17) is 9.47 Å². The second-order valence-electron chi connectivity index (χ2n) is 5.66. The van der Waals surface area contributed by atoms with Gasteiger partial charge in [0.05, 0.1) is 31.6 Å². The summed E-state index contributed by atoms with van der Waals surface area (Å²) in [6, 6.07) is 3.40. The van der Waals surface area contributed by atoms with E-state index in [2.05, 4.69) is 32.4 Å². The van der Waals surface area contributed by atoms with Crippen LogP contribution in [-0.4, -0.2) is 48.5 Å². The number of anilines is 1. The first-order chi connectivity index (χ1) is 12.7. The van der Waals surface area contributed by atoms with Crippen molar-refractivity contribution in [2.75, 3.05) is 31.7 Å². The Hall–Kier alpha value is -2.47. The van der Waals surface area contributed by atoms with E-state index in [0.717, 1.165) is 16.1 Å². The van der Waals surface area contributed by atoms with E-state index >= 15 is 0 Å². The lowest BCUT2D eigenvalue weighted by Crippen LogP contribution is -2.35. The number of thiazole rings is 1. The second kappa shape index (κ2) is 9.29. The zero-order chi connectivity index (χ0) is 18.2. The smallest absolute Gasteiger partial charge is 0.321 e. The average Bonchev–Trinajstić information content (AvgIpc) is 3.01. The molecule has 2 amide bonds. The summed E-state index contributed by atoms with van der Waals surface area (Å²) in [5.74, 6) is 6.15. The fourth-order valence-electron chi connectivity index (χ4n) is 2.32. The third-order valence-electron chi connectivity index (χ3n) is 3.65. The Morgan fingerprint density at radius 1 is 1.35 bits per heavy atom. The van der Waals surface area contributed by atoms with Crippen molar-refractivity contribution >= 4 is 22.5 Å². The van der Waals surface area contributed by atoms with Gasteiger partial charge >= 0.3 is 6.03 Å². The summed E-state index contributed by atoms with van der Waals surface area (Å²) in [4.78, 5) is 21.1. The fourth-order valence-corrected chi connectivity index (χ4v) is 3.14. The van der Waals surface area contributed by atoms with Crippen molar-refractivity contribution in [2.24, 2.45) is 0 Å². The minimum absolute atomic E-state index is 0.0428. The Morgan fingerprint density at radius 2 is 2.19 bits per heavy atom. The molecule has 2 aromatic heterocycles. The van der Waals surface area contributed by atoms with Crippen LogP contribution in [-0.2, 0) is 9.47 Å². The molecule has 3 heterocycles. The van der Waals surface area contributed by atoms with Gasteiger partial charge in [0.1, 0.15) is 4.88 Å². The van der Waals surface area contributed by atoms with Crippen LogP contribution >= 0.6 is 11.3 Å². The molecule has 3 rings (SSSR count). The van der Waals surface area contributed by atoms with E-state index < -0.39 is 0 Å². The van der Waals surface area contributed by atoms with E-state index in [-0.39, 0.29) is 12.1 Å². The molecule has 1 aliphatic heterocycles. The van der Waals surface area contributed by atoms with Crippen LogP contribution in [0.1, 0.15) is 22.6 Å². The lowest BCUT2D eigenvalue weighted by Gasteiger charge is -2.22. The van der Waals surface area contributed by atoms with Crippen molar-refractivity contribution in [2.45, 2.75) is 19.4 Å². The van der Waals surface area contributed by atoms with Gasteiger partial charge in [-0.1, -0.05) is 17.3 Å². The van der Waals surface area contributed by atoms with E-state index in [9.17, 15) is 4.79 Å². The molecule has 1 atom stereocenters. The van der Waals surface area contributed by atoms with Gasteiger partial charge in [-0.3, -0.25) is 10.3 Å². The first-order valence-corrected chi connectivity index (χ1v) is 9.16. The maximum absolute atomic E-state index is 12.0. The number of carbonyl (C=O) groups excluding carboxylic acids is 1. The number of urea groups is 1. The first kappa shape index (κ1) is 18.3. The van der Waals surface area contributed by atoms with Crippen molar-refractivity contribution in [3.05, 3.63) is 40.7 Å². The van der Waals surface area contributed by atoms with Gasteiger partial charge in [0.2, 0.25) is 0 Å². The predicted octanol–water partition coefficient (Wildman–Crippen LogP) is 2.17. The van der Waals surface area contributed by atoms with Crippen molar-refractivity contribution in [3.63, 3.8) is 0 Å². The molecule has 8 heteroatoms. The summed E-state index contributed by atoms with van der Waals surface area (Å²) in [6.07, 6.45) is 4.16. The number of aryl methyl sites for hydroxylation is 1. The molecule has 0 radical (unpaired) electrons. The van der Waals surface area contributed by atoms with Gasteiger partial charge in [-0.25, -0.2) is 9.78 Å². The molecule has 26 heavy (non-hydrogen) atoms. The molecule has 7 nitrogen and oxygen atoms in total. The summed E-state index contributed by atoms with van der Waals surface area (Å²) in [7, 11) is 0. The van der Waals surface area contributed by atoms with Gasteiger partial charge in [0.15, 0.2) is 5.13 Å². The minimum Gasteiger partial charge on any atom is -0.376 e. The summed E-state index contributed by atoms with van der Waals surface area (Å²) in [5, 5.41) is 6.07. The number of amides is 2. The Labute approximate surface area is 156 Å². The van der Waals surface area contributed by atoms with Crippen molar-refractivity contribution in [3.8, 4) is 11.8 Å². The topological polar surface area (TPSA) is 85.4 Å². The molecule has 0 saturated carbocycles. The SMILES string of the molecule is Cc1nc(NC(=O)NCCC2COCCO2)sc1C#Cc1ccncc1. The molecule has 1 unspecified atom stereocenters. The number of pyridine rings is 1. The predicted molar refractivity (Wildman–Crippen MR) is 99.3 cm³/mol. The maximum Gasteiger partial charge on any atom is 0.321 e. The van der Waals surface area contributed by atoms with Crippen LogP contribution in [0.5, 0.6) is 0 Å². The maximum atomic E-state index is 12.0. The summed E-state index contributed by atoms with van der Waals surface area (Å²) < 4.78 is 10.9. The molecule has 1 aliphatic rings. The Bertz CT molecular complexity index is 792. The van der Waals surface area contributed by atoms with E-state index in [1.165, 1.54) is 11.3 Å². The van der Waals surface area contributed by atoms with Crippen LogP contribution in [0.3, 0.4) is 0 Å². The number of aromatic nitrogens is 2. The molecule has 2 aromatic rings. The minimum atomic E-state index is -0.288. The molecule has 0 aliphatic carbocycles. The number of hydrogen-bond donors (Lipinski definition) is 2. The average molecular weight is 372 g/mol. The Morgan fingerprint density at radius 3 is 2.96 bits per heavy atom. The largest absolute Gasteiger partial charge is 0.376 e. The quantitative estimate of drug-likeness (QED) is 0.804. The highest BCUT2D eigenvalue weighted by Gasteiger charge is 2.14. The van der Waals surface area contributed by atoms with Crippen LogP contribution in [0.2, 0.25) is 0 Å². The number of hydrogen-bond acceptors (Lipinski definition) is 6. The normalized spacial score (nSPS) is 16.4. The van der Waals surface area contributed by atoms with Crippen LogP contribution in [0.25, 0.3) is 0 Å². The fraction of sp³-hybridized carbons (Fsp3) is 0.389. The zero-order valence-corrected chi connectivity index (χ0v) is 15.3. The van der Waals surface area contributed by atoms with Crippen molar-refractivity contribution in [1.29, 1.82) is 0 Å². The number of rotatable bonds is 4. The first-order valence-electron chi connectivity index (χ1n) is 8.34. The number of ether oxygens (including phenoxy) is 2. The van der Waals surface area contributed by atoms with Gasteiger partial charge in [-0.15, -0.1) is 0 Å². The standard InChI is InChI=1S/C18H20N4O3S/c1-13-16(3-2-14-4-7-19-8-5-14)26-18(21-13)22-17(23)20-9-6-15-12-24-10-11-25-15/h4-5,7-8,15H,6,9-12H2,1H3,(H2,20,21,22,23). The molecular weight excluding hydrogens is 352 g/mol. The Balaban J connectivity index is 1.49. The van der Waals surface area contributed by atoms with E-state index in [1.54, 1.807) is 12.4 Å². The Kier molecular flexibility index (Phi) is 6.55. The number of nitrogens with zero attached hydrogens (tertiary/aromatic N) is 2.